The average molecular weight is 238 g/mol. The van der Waals surface area contributed by atoms with E-state index in [0.29, 0.717) is 0 Å². The van der Waals surface area contributed by atoms with Crippen molar-refractivity contribution >= 4 is 22.4 Å². The predicted octanol–water partition coefficient (Wildman–Crippen LogP) is 0.729. The molecule has 0 bridgehead atoms. The topological polar surface area (TPSA) is 63.2 Å². The van der Waals surface area contributed by atoms with Crippen molar-refractivity contribution < 1.29 is 13.2 Å². The van der Waals surface area contributed by atoms with E-state index in [2.05, 4.69) is 4.72 Å². The highest BCUT2D eigenvalue weighted by atomic mass is 32.2. The van der Waals surface area contributed by atoms with Gasteiger partial charge in [0.25, 0.3) is 0 Å². The van der Waals surface area contributed by atoms with Crippen LogP contribution in [0.3, 0.4) is 0 Å². The lowest BCUT2D eigenvalue weighted by Gasteiger charge is -1.98. The average Bonchev–Trinajstić information content (AvgIpc) is 2.28. The molecule has 85 valence electrons. The quantitative estimate of drug-likeness (QED) is 0.794. The Morgan fingerprint density at radius 2 is 1.94 bits per heavy atom. The minimum atomic E-state index is -3.41. The smallest absolute Gasteiger partial charge is 0.215 e. The van der Waals surface area contributed by atoms with Gasteiger partial charge in [0.1, 0.15) is 0 Å². The second-order valence-electron chi connectivity index (χ2n) is 3.06. The van der Waals surface area contributed by atoms with Gasteiger partial charge in [0, 0.05) is 0 Å². The van der Waals surface area contributed by atoms with Crippen molar-refractivity contribution in [2.45, 2.75) is 0 Å². The van der Waals surface area contributed by atoms with E-state index in [9.17, 15) is 13.2 Å². The van der Waals surface area contributed by atoms with Crippen LogP contribution in [0.2, 0.25) is 0 Å². The van der Waals surface area contributed by atoms with Crippen LogP contribution in [0, 0.1) is 0 Å². The van der Waals surface area contributed by atoms with Gasteiger partial charge < -0.3 is 0 Å². The molecule has 1 aromatic rings. The molecular weight excluding hydrogens is 226 g/mol. The van der Waals surface area contributed by atoms with Gasteiger partial charge in [-0.3, -0.25) is 4.79 Å². The van der Waals surface area contributed by atoms with Crippen molar-refractivity contribution in [2.75, 3.05) is 12.3 Å². The van der Waals surface area contributed by atoms with Gasteiger partial charge in [0.15, 0.2) is 0 Å². The summed E-state index contributed by atoms with van der Waals surface area (Å²) in [6.45, 7) is -0.304. The lowest BCUT2D eigenvalue weighted by atomic mass is 10.2. The predicted molar refractivity (Wildman–Crippen MR) is 63.0 cm³/mol. The maximum Gasteiger partial charge on any atom is 0.215 e. The van der Waals surface area contributed by atoms with Crippen LogP contribution in [-0.2, 0) is 14.8 Å². The van der Waals surface area contributed by atoms with E-state index >= 15 is 0 Å². The Labute approximate surface area is 95.0 Å². The number of hydrogen-bond donors (Lipinski definition) is 1. The molecular formula is C11H12NO3S. The van der Waals surface area contributed by atoms with Crippen molar-refractivity contribution in [3.63, 3.8) is 0 Å². The van der Waals surface area contributed by atoms with Crippen molar-refractivity contribution in [2.24, 2.45) is 0 Å². The molecule has 0 aliphatic carbocycles. The summed E-state index contributed by atoms with van der Waals surface area (Å²) in [5.74, 6) is -0.149. The normalized spacial score (nSPS) is 11.8. The fourth-order valence-electron chi connectivity index (χ4n) is 1.07. The molecule has 5 heteroatoms. The maximum absolute atomic E-state index is 11.2. The first kappa shape index (κ1) is 12.6. The second kappa shape index (κ2) is 6.19. The van der Waals surface area contributed by atoms with Crippen LogP contribution in [0.5, 0.6) is 0 Å². The molecule has 1 aromatic carbocycles. The van der Waals surface area contributed by atoms with Crippen molar-refractivity contribution in [1.29, 1.82) is 0 Å². The summed E-state index contributed by atoms with van der Waals surface area (Å²) in [5.41, 5.74) is 0.930. The number of rotatable bonds is 6. The summed E-state index contributed by atoms with van der Waals surface area (Å²) in [7, 11) is -3.41. The third kappa shape index (κ3) is 4.86. The van der Waals surface area contributed by atoms with Crippen LogP contribution in [0.1, 0.15) is 5.56 Å². The Kier molecular flexibility index (Phi) is 4.88. The monoisotopic (exact) mass is 238 g/mol. The second-order valence-corrected chi connectivity index (χ2v) is 4.91. The number of hydrogen-bond acceptors (Lipinski definition) is 3. The molecule has 0 saturated carbocycles. The zero-order valence-corrected chi connectivity index (χ0v) is 9.41. The van der Waals surface area contributed by atoms with Gasteiger partial charge in [0.05, 0.1) is 12.3 Å². The van der Waals surface area contributed by atoms with E-state index in [1.165, 1.54) is 12.4 Å². The van der Waals surface area contributed by atoms with Crippen LogP contribution in [0.15, 0.2) is 36.4 Å². The van der Waals surface area contributed by atoms with E-state index in [0.717, 1.165) is 5.56 Å². The Bertz CT molecular complexity index is 451. The first-order chi connectivity index (χ1) is 7.64. The van der Waals surface area contributed by atoms with Crippen LogP contribution in [-0.4, -0.2) is 27.0 Å². The van der Waals surface area contributed by atoms with Crippen LogP contribution in [0.4, 0.5) is 0 Å². The van der Waals surface area contributed by atoms with E-state index in [-0.39, 0.29) is 12.3 Å². The highest BCUT2D eigenvalue weighted by Gasteiger charge is 2.05. The fraction of sp³-hybridized carbons (Fsp3) is 0.182. The number of benzene rings is 1. The molecule has 1 N–H and O–H groups in total. The molecule has 0 atom stereocenters. The standard InChI is InChI=1S/C11H12NO3S/c13-9-8-12-16(14,15)10-4-7-11-5-2-1-3-6-11/h1-7,12H,8,10H2/b7-4+. The summed E-state index contributed by atoms with van der Waals surface area (Å²) in [5, 5.41) is 0. The largest absolute Gasteiger partial charge is 0.289 e. The SMILES string of the molecule is O=[C]CNS(=O)(=O)C/C=C/c1ccccc1. The van der Waals surface area contributed by atoms with E-state index in [4.69, 9.17) is 0 Å². The highest BCUT2D eigenvalue weighted by molar-refractivity contribution is 7.89. The molecule has 1 radical (unpaired) electrons. The van der Waals surface area contributed by atoms with E-state index in [1.54, 1.807) is 6.08 Å². The Morgan fingerprint density at radius 1 is 1.25 bits per heavy atom. The Balaban J connectivity index is 2.51. The molecule has 0 fully saturated rings. The highest BCUT2D eigenvalue weighted by Crippen LogP contribution is 2.01. The summed E-state index contributed by atoms with van der Waals surface area (Å²) >= 11 is 0. The number of sulfonamides is 1. The third-order valence-corrected chi connectivity index (χ3v) is 3.01. The summed E-state index contributed by atoms with van der Waals surface area (Å²) in [6, 6.07) is 9.36. The molecule has 4 nitrogen and oxygen atoms in total. The summed E-state index contributed by atoms with van der Waals surface area (Å²) in [4.78, 5) is 9.88. The molecule has 0 heterocycles. The lowest BCUT2D eigenvalue weighted by molar-refractivity contribution is 0.550. The van der Waals surface area contributed by atoms with Gasteiger partial charge >= 0.3 is 0 Å². The number of carbonyl (C=O) groups excluding carboxylic acids is 1. The molecule has 0 aromatic heterocycles. The van der Waals surface area contributed by atoms with Gasteiger partial charge in [-0.15, -0.1) is 0 Å². The molecule has 0 aliphatic heterocycles. The maximum atomic E-state index is 11.2. The van der Waals surface area contributed by atoms with Gasteiger partial charge in [-0.25, -0.2) is 13.1 Å². The molecule has 0 unspecified atom stereocenters. The van der Waals surface area contributed by atoms with E-state index in [1.807, 2.05) is 30.3 Å². The minimum Gasteiger partial charge on any atom is -0.289 e. The molecule has 0 spiro atoms. The van der Waals surface area contributed by atoms with Gasteiger partial charge in [-0.1, -0.05) is 42.5 Å². The molecule has 16 heavy (non-hydrogen) atoms. The van der Waals surface area contributed by atoms with Gasteiger partial charge in [0.2, 0.25) is 16.3 Å². The number of nitrogens with one attached hydrogen (secondary N) is 1. The zero-order valence-electron chi connectivity index (χ0n) is 8.59. The third-order valence-electron chi connectivity index (χ3n) is 1.79. The summed E-state index contributed by atoms with van der Waals surface area (Å²) in [6.07, 6.45) is 4.71. The van der Waals surface area contributed by atoms with Gasteiger partial charge in [-0.2, -0.15) is 0 Å². The van der Waals surface area contributed by atoms with Crippen LogP contribution >= 0.6 is 0 Å². The van der Waals surface area contributed by atoms with Crippen LogP contribution in [0.25, 0.3) is 6.08 Å². The molecule has 0 amide bonds. The summed E-state index contributed by atoms with van der Waals surface area (Å²) < 4.78 is 24.6. The fourth-order valence-corrected chi connectivity index (χ4v) is 1.82. The first-order valence-corrected chi connectivity index (χ1v) is 6.33. The van der Waals surface area contributed by atoms with Crippen LogP contribution < -0.4 is 4.72 Å². The van der Waals surface area contributed by atoms with Crippen molar-refractivity contribution in [3.8, 4) is 0 Å². The first-order valence-electron chi connectivity index (χ1n) is 4.68. The zero-order chi connectivity index (χ0) is 11.9. The van der Waals surface area contributed by atoms with Crippen molar-refractivity contribution in [1.82, 2.24) is 4.72 Å². The van der Waals surface area contributed by atoms with E-state index < -0.39 is 10.0 Å². The molecule has 0 aliphatic rings. The van der Waals surface area contributed by atoms with Gasteiger partial charge in [-0.05, 0) is 5.56 Å². The molecule has 0 saturated heterocycles. The minimum absolute atomic E-state index is 0.149. The Hall–Kier alpha value is -1.46. The Morgan fingerprint density at radius 3 is 2.56 bits per heavy atom. The lowest BCUT2D eigenvalue weighted by Crippen LogP contribution is -2.27. The van der Waals surface area contributed by atoms with Crippen molar-refractivity contribution in [3.05, 3.63) is 42.0 Å². The molecule has 1 rings (SSSR count).